The fourth-order valence-corrected chi connectivity index (χ4v) is 15.3. The van der Waals surface area contributed by atoms with E-state index in [1.54, 1.807) is 27.2 Å². The van der Waals surface area contributed by atoms with E-state index in [0.717, 1.165) is 51.6 Å². The van der Waals surface area contributed by atoms with Crippen LogP contribution in [-0.4, -0.2) is 171 Å². The van der Waals surface area contributed by atoms with Crippen LogP contribution in [0.5, 0.6) is 57.5 Å². The predicted octanol–water partition coefficient (Wildman–Crippen LogP) is 5.13. The molecule has 90 heavy (non-hydrogen) atoms. The fraction of sp³-hybridized carbons (Fsp3) is 0.492. The monoisotopic (exact) mass is 1240 g/mol. The van der Waals surface area contributed by atoms with Crippen LogP contribution < -0.4 is 53.7 Å². The molecule has 8 aliphatic rings. The summed E-state index contributed by atoms with van der Waals surface area (Å²) >= 11 is 0. The number of hydrogen-bond donors (Lipinski definition) is 4. The Bertz CT molecular complexity index is 3700. The second-order valence-corrected chi connectivity index (χ2v) is 23.6. The highest BCUT2D eigenvalue weighted by Gasteiger charge is 2.59. The van der Waals surface area contributed by atoms with Crippen molar-refractivity contribution in [2.24, 2.45) is 5.73 Å². The molecule has 25 nitrogen and oxygen atoms in total. The van der Waals surface area contributed by atoms with Gasteiger partial charge in [-0.25, -0.2) is 4.79 Å². The number of phenols is 1. The Balaban J connectivity index is 0.000000182. The van der Waals surface area contributed by atoms with Gasteiger partial charge in [0.15, 0.2) is 52.8 Å². The number of ketones is 2. The Morgan fingerprint density at radius 1 is 0.678 bits per heavy atom. The molecule has 5 N–H and O–H groups in total. The van der Waals surface area contributed by atoms with Crippen molar-refractivity contribution >= 4 is 29.4 Å². The van der Waals surface area contributed by atoms with Gasteiger partial charge in [-0.3, -0.25) is 38.8 Å². The Morgan fingerprint density at radius 2 is 1.17 bits per heavy atom. The van der Waals surface area contributed by atoms with Crippen LogP contribution >= 0.6 is 0 Å². The molecule has 10 atom stereocenters. The first-order valence-corrected chi connectivity index (χ1v) is 29.6. The lowest BCUT2D eigenvalue weighted by atomic mass is 9.71. The first kappa shape index (κ1) is 64.3. The highest BCUT2D eigenvalue weighted by Crippen LogP contribution is 2.61. The molecule has 4 aromatic rings. The van der Waals surface area contributed by atoms with Gasteiger partial charge in [-0.1, -0.05) is 24.8 Å². The number of methoxy groups -OCH3 is 3. The molecule has 0 radical (unpaired) electrons. The second kappa shape index (κ2) is 25.7. The number of aromatic hydroxyl groups is 1. The zero-order valence-electron chi connectivity index (χ0n) is 52.6. The maximum atomic E-state index is 12.5. The van der Waals surface area contributed by atoms with Crippen LogP contribution in [0.15, 0.2) is 24.8 Å². The van der Waals surface area contributed by atoms with E-state index in [9.17, 15) is 39.6 Å². The van der Waals surface area contributed by atoms with E-state index < -0.39 is 53.6 Å². The molecule has 478 valence electrons. The first-order valence-electron chi connectivity index (χ1n) is 29.6. The number of aliphatic carboxylic acids is 1. The summed E-state index contributed by atoms with van der Waals surface area (Å²) in [6.45, 7) is 15.9. The highest BCUT2D eigenvalue weighted by atomic mass is 16.7. The largest absolute Gasteiger partial charge is 0.504 e. The summed E-state index contributed by atoms with van der Waals surface area (Å²) in [5.74, 6) is 1.12. The smallest absolute Gasteiger partial charge is 0.371 e. The van der Waals surface area contributed by atoms with Crippen molar-refractivity contribution in [2.75, 3.05) is 75.5 Å². The zero-order chi connectivity index (χ0) is 65.1. The number of nitrogens with two attached hydrogens (primary N) is 1. The van der Waals surface area contributed by atoms with E-state index in [-0.39, 0.29) is 68.9 Å². The predicted molar refractivity (Wildman–Crippen MR) is 321 cm³/mol. The van der Waals surface area contributed by atoms with Crippen LogP contribution in [0, 0.1) is 50.4 Å². The van der Waals surface area contributed by atoms with E-state index in [1.807, 2.05) is 33.9 Å². The number of rotatable bonds is 14. The number of likely N-dealkylation sites (N-methyl/N-ethyl adjacent to an activating group) is 2. The van der Waals surface area contributed by atoms with Crippen LogP contribution in [-0.2, 0) is 54.4 Å². The molecule has 4 bridgehead atoms. The minimum absolute atomic E-state index is 0.0162. The summed E-state index contributed by atoms with van der Waals surface area (Å²) in [6.07, 6.45) is 3.89. The fourth-order valence-electron chi connectivity index (χ4n) is 15.3. The van der Waals surface area contributed by atoms with Crippen molar-refractivity contribution in [1.29, 1.82) is 10.5 Å². The molecular formula is C65H76N8O17. The normalized spacial score (nSPS) is 24.3. The van der Waals surface area contributed by atoms with Crippen LogP contribution in [0.25, 0.3) is 0 Å². The molecule has 2 saturated heterocycles. The molecule has 2 fully saturated rings. The maximum absolute atomic E-state index is 12.5. The van der Waals surface area contributed by atoms with E-state index >= 15 is 0 Å². The number of fused-ring (bicyclic) bond motifs is 18. The van der Waals surface area contributed by atoms with Crippen molar-refractivity contribution in [3.05, 3.63) is 91.5 Å². The third-order valence-electron chi connectivity index (χ3n) is 18.7. The molecule has 0 aliphatic carbocycles. The van der Waals surface area contributed by atoms with Crippen molar-refractivity contribution in [2.45, 2.75) is 135 Å². The van der Waals surface area contributed by atoms with Gasteiger partial charge in [0.25, 0.3) is 5.91 Å². The molecular weight excluding hydrogens is 1160 g/mol. The third kappa shape index (κ3) is 10.6. The molecule has 1 amide bonds. The summed E-state index contributed by atoms with van der Waals surface area (Å²) in [6, 6.07) is 6.15. The number of hydrogen-bond acceptors (Lipinski definition) is 23. The zero-order valence-corrected chi connectivity index (χ0v) is 52.6. The number of aryl methyl sites for hydroxylation is 2. The number of carboxylic acids is 1. The summed E-state index contributed by atoms with van der Waals surface area (Å²) in [5.41, 5.74) is 17.1. The lowest BCUT2D eigenvalue weighted by Gasteiger charge is -2.60. The standard InChI is InChI=1S/C31H34N4O8.C31H38N4O6.C3H4O3/c1-13-7-17-8-19-21(10-32)35-20(25(34(19)5)23(17)26(38)27(13)40-6)9-18-24(22(35)11-33-31(39)15(3)36)30-29(41-12-42-30)14(2)28(18)43-16(4)37;1-7-8-38-28-17(3)29-31(41-15-40-29)25-19(28)11-21-26-24-18(9-16(2)27(37-6)30(24)39-14-36-5)10-20(34(26)4)22(12-32)35(21)23(25)13-33;1-2(4)3(5)6/h7,19-22,25,38H,8-9,11-12H2,1-6H3,(H,33,39);7,9,20-23,26H,1,8,10-11,13-15,33H2,2-6H3;1H3,(H,5,6)/t19-,20-,21-,22-,25-;20-,21-,22-,23-,26-;/m00./s1. The van der Waals surface area contributed by atoms with Gasteiger partial charge in [0, 0.05) is 110 Å². The van der Waals surface area contributed by atoms with Crippen LogP contribution in [0.2, 0.25) is 0 Å². The Labute approximate surface area is 521 Å². The van der Waals surface area contributed by atoms with E-state index in [4.69, 9.17) is 58.2 Å². The molecule has 8 heterocycles. The van der Waals surface area contributed by atoms with E-state index in [0.29, 0.717) is 107 Å². The number of piperazine rings is 2. The molecule has 8 aliphatic heterocycles. The minimum atomic E-state index is -1.38. The first-order chi connectivity index (χ1) is 43.0. The number of nitrogens with one attached hydrogen (secondary N) is 1. The average molecular weight is 1240 g/mol. The summed E-state index contributed by atoms with van der Waals surface area (Å²) < 4.78 is 59.0. The van der Waals surface area contributed by atoms with Crippen LogP contribution in [0.4, 0.5) is 0 Å². The van der Waals surface area contributed by atoms with Gasteiger partial charge in [0.2, 0.25) is 25.2 Å². The number of esters is 1. The van der Waals surface area contributed by atoms with Gasteiger partial charge in [-0.05, 0) is 89.7 Å². The van der Waals surface area contributed by atoms with E-state index in [2.05, 4.69) is 56.7 Å². The minimum Gasteiger partial charge on any atom is -0.504 e. The molecule has 0 spiro atoms. The van der Waals surface area contributed by atoms with Crippen molar-refractivity contribution < 1.29 is 81.6 Å². The number of carbonyl (C=O) groups is 5. The number of carbonyl (C=O) groups excluding carboxylic acids is 4. The summed E-state index contributed by atoms with van der Waals surface area (Å²) in [4.78, 5) is 64.6. The van der Waals surface area contributed by atoms with Crippen molar-refractivity contribution in [3.8, 4) is 69.6 Å². The van der Waals surface area contributed by atoms with Crippen LogP contribution in [0.3, 0.4) is 0 Å². The molecule has 0 unspecified atom stereocenters. The Morgan fingerprint density at radius 3 is 1.66 bits per heavy atom. The number of Topliss-reactive ketones (excluding diaryl/α,β-unsaturated/α-hetero) is 2. The number of benzene rings is 4. The summed E-state index contributed by atoms with van der Waals surface area (Å²) in [7, 11) is 8.85. The molecule has 0 saturated carbocycles. The van der Waals surface area contributed by atoms with Gasteiger partial charge in [0.1, 0.15) is 30.2 Å². The number of carboxylic acid groups (broad SMARTS) is 1. The number of amides is 1. The Hall–Kier alpha value is -8.69. The molecule has 12 rings (SSSR count). The topological polar surface area (TPSA) is 317 Å². The van der Waals surface area contributed by atoms with Gasteiger partial charge < -0.3 is 68.6 Å². The van der Waals surface area contributed by atoms with Crippen molar-refractivity contribution in [3.63, 3.8) is 0 Å². The number of ether oxygens (including phenoxy) is 10. The number of phenolic OH excluding ortho intramolecular Hbond substituents is 1. The van der Waals surface area contributed by atoms with Gasteiger partial charge >= 0.3 is 11.9 Å². The summed E-state index contributed by atoms with van der Waals surface area (Å²) in [5, 5.41) is 43.3. The van der Waals surface area contributed by atoms with Crippen molar-refractivity contribution in [1.82, 2.24) is 24.9 Å². The molecule has 25 heteroatoms. The lowest BCUT2D eigenvalue weighted by Crippen LogP contribution is -2.68. The number of nitriles is 2. The second-order valence-electron chi connectivity index (χ2n) is 23.6. The maximum Gasteiger partial charge on any atom is 0.371 e. The highest BCUT2D eigenvalue weighted by molar-refractivity contribution is 6.35. The van der Waals surface area contributed by atoms with Gasteiger partial charge in [-0.15, -0.1) is 0 Å². The number of nitrogens with zero attached hydrogens (tertiary/aromatic N) is 6. The molecule has 0 aromatic heterocycles. The quantitative estimate of drug-likeness (QED) is 0.0418. The molecule has 4 aromatic carbocycles. The average Bonchev–Trinajstić information content (AvgIpc) is 0.802. The SMILES string of the molecule is C=CCOc1c(C)c2c(c3c1C[C@H]1[C@H]4c5c(cc(C)c(OC)c5OCOC)C[C@@H]([C@H](C#N)N1[C@H]3CN)N4C)OCO2.CC(=O)C(=O)O.COc1c(C)cc2c(c1O)[C@@H]1[C@@H]3Cc4c(OC(C)=O)c(C)c5c(c4[C@H](CNC(=O)C(C)=O)N3[C@@H](C#N)[C@H](C2)N1C)OCO5. The Kier molecular flexibility index (Phi) is 18.3. The van der Waals surface area contributed by atoms with Gasteiger partial charge in [0.05, 0.1) is 50.5 Å². The lowest BCUT2D eigenvalue weighted by molar-refractivity contribution is -0.148. The van der Waals surface area contributed by atoms with Gasteiger partial charge in [-0.2, -0.15) is 10.5 Å². The van der Waals surface area contributed by atoms with E-state index in [1.165, 1.54) is 26.5 Å². The van der Waals surface area contributed by atoms with Crippen LogP contribution in [0.1, 0.15) is 112 Å². The third-order valence-corrected chi connectivity index (χ3v) is 18.7.